The predicted molar refractivity (Wildman–Crippen MR) is 56.8 cm³/mol. The summed E-state index contributed by atoms with van der Waals surface area (Å²) in [5.41, 5.74) is 0. The van der Waals surface area contributed by atoms with E-state index in [-0.39, 0.29) is 12.5 Å². The third-order valence-electron chi connectivity index (χ3n) is 2.23. The van der Waals surface area contributed by atoms with Crippen molar-refractivity contribution in [3.05, 3.63) is 12.7 Å². The summed E-state index contributed by atoms with van der Waals surface area (Å²) in [6.07, 6.45) is -0.199. The second-order valence-electron chi connectivity index (χ2n) is 3.63. The molecule has 0 fully saturated rings. The van der Waals surface area contributed by atoms with Crippen LogP contribution in [0.3, 0.4) is 0 Å². The lowest BCUT2D eigenvalue weighted by Crippen LogP contribution is -2.30. The van der Waals surface area contributed by atoms with Gasteiger partial charge < -0.3 is 5.32 Å². The zero-order valence-corrected chi connectivity index (χ0v) is 9.24. The van der Waals surface area contributed by atoms with Crippen molar-refractivity contribution in [3.63, 3.8) is 0 Å². The molecule has 0 aromatic heterocycles. The molecule has 1 N–H and O–H groups in total. The number of rotatable bonds is 8. The Balaban J connectivity index is 3.77. The number of unbranched alkanes of at least 4 members (excludes halogenated alkanes) is 1. The summed E-state index contributed by atoms with van der Waals surface area (Å²) < 4.78 is 36.0. The van der Waals surface area contributed by atoms with E-state index < -0.39 is 12.6 Å². The van der Waals surface area contributed by atoms with Gasteiger partial charge in [0.05, 0.1) is 0 Å². The Labute approximate surface area is 89.7 Å². The first kappa shape index (κ1) is 14.5. The van der Waals surface area contributed by atoms with Crippen LogP contribution in [0, 0.1) is 0 Å². The van der Waals surface area contributed by atoms with Gasteiger partial charge in [-0.2, -0.15) is 13.2 Å². The molecule has 1 atom stereocenters. The largest absolute Gasteiger partial charge is 0.389 e. The van der Waals surface area contributed by atoms with Crippen LogP contribution in [0.4, 0.5) is 13.2 Å². The average Bonchev–Trinajstić information content (AvgIpc) is 2.13. The standard InChI is InChI=1S/C11H20F3N/c1-3-5-6-7-10(15-4-2)8-9-11(12,13)14/h3,10,15H,1,4-9H2,2H3. The average molecular weight is 223 g/mol. The molecule has 15 heavy (non-hydrogen) atoms. The maximum Gasteiger partial charge on any atom is 0.389 e. The third kappa shape index (κ3) is 9.79. The van der Waals surface area contributed by atoms with E-state index in [2.05, 4.69) is 11.9 Å². The first-order chi connectivity index (χ1) is 6.99. The second kappa shape index (κ2) is 7.74. The number of allylic oxidation sites excluding steroid dienone is 1. The molecule has 0 saturated carbocycles. The van der Waals surface area contributed by atoms with Crippen LogP contribution in [0.25, 0.3) is 0 Å². The molecule has 0 spiro atoms. The van der Waals surface area contributed by atoms with Crippen LogP contribution in [0.5, 0.6) is 0 Å². The molecule has 0 aromatic carbocycles. The van der Waals surface area contributed by atoms with Crippen molar-refractivity contribution in [1.82, 2.24) is 5.32 Å². The van der Waals surface area contributed by atoms with Crippen LogP contribution in [0.15, 0.2) is 12.7 Å². The zero-order valence-electron chi connectivity index (χ0n) is 9.24. The van der Waals surface area contributed by atoms with Crippen molar-refractivity contribution in [2.75, 3.05) is 6.54 Å². The first-order valence-corrected chi connectivity index (χ1v) is 5.40. The SMILES string of the molecule is C=CCCCC(CCC(F)(F)F)NCC. The molecule has 0 amide bonds. The summed E-state index contributed by atoms with van der Waals surface area (Å²) >= 11 is 0. The minimum Gasteiger partial charge on any atom is -0.314 e. The topological polar surface area (TPSA) is 12.0 Å². The number of hydrogen-bond donors (Lipinski definition) is 1. The van der Waals surface area contributed by atoms with Gasteiger partial charge in [0.25, 0.3) is 0 Å². The fourth-order valence-corrected chi connectivity index (χ4v) is 1.48. The van der Waals surface area contributed by atoms with Crippen molar-refractivity contribution in [3.8, 4) is 0 Å². The van der Waals surface area contributed by atoms with Gasteiger partial charge >= 0.3 is 6.18 Å². The lowest BCUT2D eigenvalue weighted by Gasteiger charge is -2.18. The summed E-state index contributed by atoms with van der Waals surface area (Å²) in [4.78, 5) is 0. The van der Waals surface area contributed by atoms with Gasteiger partial charge in [0, 0.05) is 12.5 Å². The van der Waals surface area contributed by atoms with Crippen LogP contribution in [-0.4, -0.2) is 18.8 Å². The molecule has 0 radical (unpaired) electrons. The highest BCUT2D eigenvalue weighted by Gasteiger charge is 2.27. The fraction of sp³-hybridized carbons (Fsp3) is 0.818. The van der Waals surface area contributed by atoms with Crippen LogP contribution >= 0.6 is 0 Å². The van der Waals surface area contributed by atoms with Gasteiger partial charge in [0.1, 0.15) is 0 Å². The van der Waals surface area contributed by atoms with Crippen LogP contribution in [0.1, 0.15) is 39.0 Å². The Morgan fingerprint density at radius 2 is 2.00 bits per heavy atom. The molecule has 0 aliphatic heterocycles. The minimum absolute atomic E-state index is 0.0171. The summed E-state index contributed by atoms with van der Waals surface area (Å²) in [7, 11) is 0. The monoisotopic (exact) mass is 223 g/mol. The lowest BCUT2D eigenvalue weighted by molar-refractivity contribution is -0.136. The van der Waals surface area contributed by atoms with Crippen molar-refractivity contribution in [2.45, 2.75) is 51.2 Å². The van der Waals surface area contributed by atoms with E-state index in [1.807, 2.05) is 6.92 Å². The smallest absolute Gasteiger partial charge is 0.314 e. The Hall–Kier alpha value is -0.510. The summed E-state index contributed by atoms with van der Waals surface area (Å²) in [5, 5.41) is 3.08. The maximum atomic E-state index is 12.0. The van der Waals surface area contributed by atoms with Crippen molar-refractivity contribution >= 4 is 0 Å². The first-order valence-electron chi connectivity index (χ1n) is 5.40. The Bertz CT molecular complexity index is 166. The van der Waals surface area contributed by atoms with Gasteiger partial charge in [-0.3, -0.25) is 0 Å². The van der Waals surface area contributed by atoms with Crippen LogP contribution in [-0.2, 0) is 0 Å². The Morgan fingerprint density at radius 3 is 2.47 bits per heavy atom. The van der Waals surface area contributed by atoms with E-state index in [1.54, 1.807) is 6.08 Å². The van der Waals surface area contributed by atoms with E-state index >= 15 is 0 Å². The summed E-state index contributed by atoms with van der Waals surface area (Å²) in [5.74, 6) is 0. The molecule has 90 valence electrons. The predicted octanol–water partition coefficient (Wildman–Crippen LogP) is 3.66. The molecular formula is C11H20F3N. The molecule has 4 heteroatoms. The van der Waals surface area contributed by atoms with Gasteiger partial charge in [-0.05, 0) is 32.2 Å². The molecule has 0 aromatic rings. The number of alkyl halides is 3. The molecule has 0 saturated heterocycles. The van der Waals surface area contributed by atoms with Crippen LogP contribution < -0.4 is 5.32 Å². The van der Waals surface area contributed by atoms with E-state index in [1.165, 1.54) is 0 Å². The van der Waals surface area contributed by atoms with E-state index in [4.69, 9.17) is 0 Å². The normalized spacial score (nSPS) is 13.9. The molecule has 0 aliphatic carbocycles. The number of halogens is 3. The van der Waals surface area contributed by atoms with Gasteiger partial charge in [0.2, 0.25) is 0 Å². The zero-order chi connectivity index (χ0) is 11.7. The molecule has 0 aliphatic rings. The Kier molecular flexibility index (Phi) is 7.48. The highest BCUT2D eigenvalue weighted by Crippen LogP contribution is 2.23. The summed E-state index contributed by atoms with van der Waals surface area (Å²) in [6.45, 7) is 6.22. The van der Waals surface area contributed by atoms with E-state index in [0.717, 1.165) is 25.8 Å². The highest BCUT2D eigenvalue weighted by molar-refractivity contribution is 4.72. The number of nitrogens with one attached hydrogen (secondary N) is 1. The van der Waals surface area contributed by atoms with Crippen molar-refractivity contribution in [1.29, 1.82) is 0 Å². The molecule has 0 bridgehead atoms. The fourth-order valence-electron chi connectivity index (χ4n) is 1.48. The van der Waals surface area contributed by atoms with Crippen molar-refractivity contribution < 1.29 is 13.2 Å². The van der Waals surface area contributed by atoms with Gasteiger partial charge in [-0.25, -0.2) is 0 Å². The van der Waals surface area contributed by atoms with Crippen LogP contribution in [0.2, 0.25) is 0 Å². The highest BCUT2D eigenvalue weighted by atomic mass is 19.4. The van der Waals surface area contributed by atoms with Crippen molar-refractivity contribution in [2.24, 2.45) is 0 Å². The molecule has 0 rings (SSSR count). The Morgan fingerprint density at radius 1 is 1.33 bits per heavy atom. The maximum absolute atomic E-state index is 12.0. The van der Waals surface area contributed by atoms with E-state index in [9.17, 15) is 13.2 Å². The molecular weight excluding hydrogens is 203 g/mol. The molecule has 1 unspecified atom stereocenters. The van der Waals surface area contributed by atoms with Gasteiger partial charge in [-0.1, -0.05) is 13.0 Å². The minimum atomic E-state index is -4.04. The third-order valence-corrected chi connectivity index (χ3v) is 2.23. The second-order valence-corrected chi connectivity index (χ2v) is 3.63. The molecule has 1 nitrogen and oxygen atoms in total. The number of hydrogen-bond acceptors (Lipinski definition) is 1. The van der Waals surface area contributed by atoms with E-state index in [0.29, 0.717) is 0 Å². The quantitative estimate of drug-likeness (QED) is 0.489. The molecule has 0 heterocycles. The summed E-state index contributed by atoms with van der Waals surface area (Å²) in [6, 6.07) is -0.0171. The lowest BCUT2D eigenvalue weighted by atomic mass is 10.0. The van der Waals surface area contributed by atoms with Gasteiger partial charge in [-0.15, -0.1) is 6.58 Å². The van der Waals surface area contributed by atoms with Gasteiger partial charge in [0.15, 0.2) is 0 Å².